The second-order valence-corrected chi connectivity index (χ2v) is 11.6. The van der Waals surface area contributed by atoms with Crippen LogP contribution < -0.4 is 4.90 Å². The number of anilines is 3. The summed E-state index contributed by atoms with van der Waals surface area (Å²) in [5, 5.41) is 6.84. The summed E-state index contributed by atoms with van der Waals surface area (Å²) in [6.07, 6.45) is 1.78. The van der Waals surface area contributed by atoms with E-state index in [9.17, 15) is 0 Å². The minimum atomic E-state index is 0.659. The number of rotatable bonds is 5. The van der Waals surface area contributed by atoms with Crippen molar-refractivity contribution in [2.45, 2.75) is 0 Å². The lowest BCUT2D eigenvalue weighted by atomic mass is 9.98. The predicted octanol–water partition coefficient (Wildman–Crippen LogP) is 12.1. The fraction of sp³-hybridized carbons (Fsp3) is 0. The summed E-state index contributed by atoms with van der Waals surface area (Å²) in [4.78, 5) is 6.83. The number of aromatic nitrogens is 1. The Morgan fingerprint density at radius 3 is 1.91 bits per heavy atom. The Kier molecular flexibility index (Phi) is 6.14. The molecule has 3 heteroatoms. The van der Waals surface area contributed by atoms with E-state index in [0.29, 0.717) is 5.71 Å². The molecule has 0 aliphatic carbocycles. The van der Waals surface area contributed by atoms with E-state index in [1.165, 1.54) is 33.0 Å². The van der Waals surface area contributed by atoms with Gasteiger partial charge in [-0.15, -0.1) is 0 Å². The fourth-order valence-electron chi connectivity index (χ4n) is 6.69. The van der Waals surface area contributed by atoms with Gasteiger partial charge >= 0.3 is 0 Å². The summed E-state index contributed by atoms with van der Waals surface area (Å²) in [6.45, 7) is 0. The normalized spacial score (nSPS) is 11.5. The number of fused-ring (bicyclic) bond motifs is 5. The molecule has 3 nitrogen and oxygen atoms in total. The van der Waals surface area contributed by atoms with E-state index in [-0.39, 0.29) is 0 Å². The third-order valence-corrected chi connectivity index (χ3v) is 8.93. The zero-order valence-corrected chi connectivity index (χ0v) is 25.0. The fourth-order valence-corrected chi connectivity index (χ4v) is 6.69. The topological polar surface area (TPSA) is 29.3 Å². The highest BCUT2D eigenvalue weighted by Crippen LogP contribution is 2.42. The molecule has 0 N–H and O–H groups in total. The Balaban J connectivity index is 1.22. The lowest BCUT2D eigenvalue weighted by Crippen LogP contribution is -2.10. The summed E-state index contributed by atoms with van der Waals surface area (Å²) < 4.78 is 6.15. The maximum absolute atomic E-state index is 6.15. The van der Waals surface area contributed by atoms with Gasteiger partial charge in [-0.25, -0.2) is 4.98 Å². The molecular formula is C43H28N2O. The van der Waals surface area contributed by atoms with Crippen LogP contribution in [0.3, 0.4) is 0 Å². The van der Waals surface area contributed by atoms with Crippen LogP contribution in [0.4, 0.5) is 17.1 Å². The van der Waals surface area contributed by atoms with E-state index in [4.69, 9.17) is 4.42 Å². The molecule has 0 bridgehead atoms. The van der Waals surface area contributed by atoms with Crippen molar-refractivity contribution in [3.05, 3.63) is 170 Å². The van der Waals surface area contributed by atoms with Crippen LogP contribution in [0, 0.1) is 0 Å². The Hall–Kier alpha value is -6.19. The van der Waals surface area contributed by atoms with Crippen molar-refractivity contribution in [1.29, 1.82) is 0 Å². The van der Waals surface area contributed by atoms with E-state index < -0.39 is 0 Å². The highest BCUT2D eigenvalue weighted by atomic mass is 16.3. The van der Waals surface area contributed by atoms with Gasteiger partial charge in [0.1, 0.15) is 5.58 Å². The number of furan rings is 1. The zero-order chi connectivity index (χ0) is 30.5. The molecule has 0 fully saturated rings. The molecule has 0 atom stereocenters. The largest absolute Gasteiger partial charge is 0.438 e. The lowest BCUT2D eigenvalue weighted by Gasteiger charge is -2.27. The van der Waals surface area contributed by atoms with Crippen LogP contribution in [-0.2, 0) is 0 Å². The van der Waals surface area contributed by atoms with Gasteiger partial charge in [0.15, 0.2) is 0 Å². The van der Waals surface area contributed by atoms with Gasteiger partial charge in [-0.2, -0.15) is 0 Å². The Labute approximate surface area is 266 Å². The van der Waals surface area contributed by atoms with Crippen LogP contribution in [0.1, 0.15) is 0 Å². The Bertz CT molecular complexity index is 2510. The summed E-state index contributed by atoms with van der Waals surface area (Å²) in [7, 11) is 0. The predicted molar refractivity (Wildman–Crippen MR) is 192 cm³/mol. The average molecular weight is 589 g/mol. The smallest absolute Gasteiger partial charge is 0.227 e. The highest BCUT2D eigenvalue weighted by Gasteiger charge is 2.18. The average Bonchev–Trinajstić information content (AvgIpc) is 3.49. The van der Waals surface area contributed by atoms with Gasteiger partial charge in [0.25, 0.3) is 0 Å². The van der Waals surface area contributed by atoms with Gasteiger partial charge in [0.05, 0.1) is 5.69 Å². The van der Waals surface area contributed by atoms with Gasteiger partial charge in [0, 0.05) is 33.7 Å². The molecule has 0 amide bonds. The number of pyridine rings is 1. The second kappa shape index (κ2) is 10.8. The molecule has 2 aromatic heterocycles. The van der Waals surface area contributed by atoms with Crippen molar-refractivity contribution in [2.75, 3.05) is 4.90 Å². The van der Waals surface area contributed by atoms with Gasteiger partial charge in [-0.3, -0.25) is 0 Å². The molecule has 46 heavy (non-hydrogen) atoms. The molecule has 0 saturated carbocycles. The van der Waals surface area contributed by atoms with Crippen LogP contribution in [0.25, 0.3) is 65.9 Å². The van der Waals surface area contributed by atoms with E-state index >= 15 is 0 Å². The van der Waals surface area contributed by atoms with Crippen LogP contribution in [0.2, 0.25) is 0 Å². The van der Waals surface area contributed by atoms with Crippen LogP contribution in [0.15, 0.2) is 174 Å². The zero-order valence-electron chi connectivity index (χ0n) is 25.0. The van der Waals surface area contributed by atoms with Gasteiger partial charge in [-0.05, 0) is 93.0 Å². The summed E-state index contributed by atoms with van der Waals surface area (Å²) in [5.41, 5.74) is 9.59. The maximum atomic E-state index is 6.15. The number of nitrogens with zero attached hydrogens (tertiary/aromatic N) is 2. The van der Waals surface area contributed by atoms with Gasteiger partial charge < -0.3 is 9.32 Å². The molecule has 0 spiro atoms. The quantitative estimate of drug-likeness (QED) is 0.200. The SMILES string of the molecule is c1ccc(-c2ccc(N(c3ccc(-c4cccc5ccccc45)cc3)c3cccc4cc5oc6ncccc6c5cc34)cc2)cc1. The van der Waals surface area contributed by atoms with E-state index in [1.54, 1.807) is 6.20 Å². The van der Waals surface area contributed by atoms with Crippen LogP contribution in [0.5, 0.6) is 0 Å². The van der Waals surface area contributed by atoms with Gasteiger partial charge in [-0.1, -0.05) is 109 Å². The third-order valence-electron chi connectivity index (χ3n) is 8.93. The first-order chi connectivity index (χ1) is 22.8. The Morgan fingerprint density at radius 2 is 1.09 bits per heavy atom. The second-order valence-electron chi connectivity index (χ2n) is 11.6. The van der Waals surface area contributed by atoms with E-state index in [1.807, 2.05) is 6.07 Å². The van der Waals surface area contributed by atoms with E-state index in [2.05, 4.69) is 168 Å². The van der Waals surface area contributed by atoms with Crippen molar-refractivity contribution in [1.82, 2.24) is 4.98 Å². The summed E-state index contributed by atoms with van der Waals surface area (Å²) in [5.74, 6) is 0. The first-order valence-corrected chi connectivity index (χ1v) is 15.5. The first kappa shape index (κ1) is 26.2. The monoisotopic (exact) mass is 588 g/mol. The number of hydrogen-bond donors (Lipinski definition) is 0. The van der Waals surface area contributed by atoms with Crippen molar-refractivity contribution in [3.8, 4) is 22.3 Å². The van der Waals surface area contributed by atoms with Crippen molar-refractivity contribution < 1.29 is 4.42 Å². The molecule has 0 saturated heterocycles. The molecule has 7 aromatic carbocycles. The number of benzene rings is 7. The molecule has 0 radical (unpaired) electrons. The minimum Gasteiger partial charge on any atom is -0.438 e. The highest BCUT2D eigenvalue weighted by molar-refractivity contribution is 6.12. The van der Waals surface area contributed by atoms with Crippen molar-refractivity contribution in [3.63, 3.8) is 0 Å². The first-order valence-electron chi connectivity index (χ1n) is 15.5. The van der Waals surface area contributed by atoms with Crippen LogP contribution in [-0.4, -0.2) is 4.98 Å². The molecule has 216 valence electrons. The third kappa shape index (κ3) is 4.41. The maximum Gasteiger partial charge on any atom is 0.227 e. The molecule has 2 heterocycles. The van der Waals surface area contributed by atoms with Crippen molar-refractivity contribution >= 4 is 60.7 Å². The minimum absolute atomic E-state index is 0.659. The molecule has 0 unspecified atom stereocenters. The Morgan fingerprint density at radius 1 is 0.435 bits per heavy atom. The van der Waals surface area contributed by atoms with Crippen molar-refractivity contribution in [2.24, 2.45) is 0 Å². The van der Waals surface area contributed by atoms with Crippen LogP contribution >= 0.6 is 0 Å². The summed E-state index contributed by atoms with van der Waals surface area (Å²) >= 11 is 0. The number of hydrogen-bond acceptors (Lipinski definition) is 3. The molecular weight excluding hydrogens is 560 g/mol. The standard InChI is InChI=1S/C43H28N2O/c1-2-9-29(10-3-1)30-18-22-34(23-19-30)45(35-24-20-32(21-25-35)37-15-6-12-31-11-4-5-14-36(31)37)41-17-7-13-33-27-42-40(28-39(33)41)38-16-8-26-44-43(38)46-42/h1-28H. The van der Waals surface area contributed by atoms with E-state index in [0.717, 1.165) is 44.2 Å². The summed E-state index contributed by atoms with van der Waals surface area (Å²) in [6, 6.07) is 58.3. The molecule has 0 aliphatic heterocycles. The molecule has 9 aromatic rings. The lowest BCUT2D eigenvalue weighted by molar-refractivity contribution is 0.654. The molecule has 9 rings (SSSR count). The molecule has 0 aliphatic rings. The van der Waals surface area contributed by atoms with Gasteiger partial charge in [0.2, 0.25) is 5.71 Å².